The highest BCUT2D eigenvalue weighted by Gasteiger charge is 2.51. The number of hydrogen-bond acceptors (Lipinski definition) is 5. The molecule has 2 heterocycles. The summed E-state index contributed by atoms with van der Waals surface area (Å²) in [6.07, 6.45) is 0.0927. The number of alkyl halides is 1. The maximum absolute atomic E-state index is 14.6. The molecule has 0 saturated carbocycles. The van der Waals surface area contributed by atoms with Crippen molar-refractivity contribution < 1.29 is 31.8 Å². The molecule has 4 atom stereocenters. The molecule has 0 spiro atoms. The van der Waals surface area contributed by atoms with Crippen LogP contribution in [-0.4, -0.2) is 48.8 Å². The lowest BCUT2D eigenvalue weighted by Crippen LogP contribution is -2.50. The van der Waals surface area contributed by atoms with Gasteiger partial charge in [0.25, 0.3) is 0 Å². The second-order valence-corrected chi connectivity index (χ2v) is 10.6. The monoisotopic (exact) mass is 511 g/mol. The minimum Gasteiger partial charge on any atom is -0.444 e. The summed E-state index contributed by atoms with van der Waals surface area (Å²) in [4.78, 5) is 18.2. The van der Waals surface area contributed by atoms with E-state index in [0.29, 0.717) is 16.7 Å². The third-order valence-corrected chi connectivity index (χ3v) is 6.11. The molecule has 1 aromatic heterocycles. The number of halogens is 2. The summed E-state index contributed by atoms with van der Waals surface area (Å²) in [5, 5.41) is 0. The zero-order valence-corrected chi connectivity index (χ0v) is 21.4. The lowest BCUT2D eigenvalue weighted by Gasteiger charge is -2.34. The molecule has 1 aliphatic heterocycles. The Morgan fingerprint density at radius 3 is 2.46 bits per heavy atom. The summed E-state index contributed by atoms with van der Waals surface area (Å²) in [5.74, 6) is -0.622. The van der Waals surface area contributed by atoms with Crippen molar-refractivity contribution >= 4 is 17.4 Å². The normalized spacial score (nSPS) is 21.6. The highest BCUT2D eigenvalue weighted by molar-refractivity contribution is 7.77. The van der Waals surface area contributed by atoms with Crippen LogP contribution in [-0.2, 0) is 20.7 Å². The molecule has 4 unspecified atom stereocenters. The molecule has 8 nitrogen and oxygen atoms in total. The van der Waals surface area contributed by atoms with Gasteiger partial charge in [-0.15, -0.1) is 0 Å². The molecule has 0 bridgehead atoms. The predicted molar refractivity (Wildman–Crippen MR) is 128 cm³/mol. The third-order valence-electron chi connectivity index (χ3n) is 5.55. The molecular formula is C24H31F2N3O5S. The molecule has 35 heavy (non-hydrogen) atoms. The summed E-state index contributed by atoms with van der Waals surface area (Å²) in [7, 11) is 0. The number of nitrogens with one attached hydrogen (secondary N) is 1. The van der Waals surface area contributed by atoms with Crippen LogP contribution in [0.25, 0.3) is 11.1 Å². The predicted octanol–water partition coefficient (Wildman–Crippen LogP) is 5.06. The Hall–Kier alpha value is -2.47. The van der Waals surface area contributed by atoms with Crippen LogP contribution in [0.1, 0.15) is 64.9 Å². The standard InChI is InChI=1S/C24H31F2N3O5S/c1-14(28-35(31)32)20-18(26)11-17(13-27-20)15-7-9-16(10-8-15)21-19(12-25)29(24(5,6)33-21)22(30)34-23(2,3)4/h7-11,13-14,19,21,28H,12H2,1-6H3,(H,31,32). The first-order chi connectivity index (χ1) is 16.2. The minimum atomic E-state index is -2.30. The molecular weight excluding hydrogens is 480 g/mol. The summed E-state index contributed by atoms with van der Waals surface area (Å²) in [6, 6.07) is 6.60. The lowest BCUT2D eigenvalue weighted by atomic mass is 9.99. The van der Waals surface area contributed by atoms with Gasteiger partial charge in [-0.1, -0.05) is 24.3 Å². The molecule has 1 amide bonds. The van der Waals surface area contributed by atoms with E-state index in [1.807, 2.05) is 0 Å². The smallest absolute Gasteiger partial charge is 0.413 e. The van der Waals surface area contributed by atoms with Crippen LogP contribution in [0.15, 0.2) is 36.5 Å². The van der Waals surface area contributed by atoms with Crippen LogP contribution in [0, 0.1) is 5.82 Å². The van der Waals surface area contributed by atoms with Crippen LogP contribution < -0.4 is 4.72 Å². The zero-order chi connectivity index (χ0) is 26.1. The minimum absolute atomic E-state index is 0.0161. The SMILES string of the molecule is CC(NS(=O)O)c1ncc(-c2ccc(C3OC(C)(C)N(C(=O)OC(C)(C)C)C3CF)cc2)cc1F. The number of rotatable bonds is 6. The van der Waals surface area contributed by atoms with Crippen LogP contribution in [0.4, 0.5) is 13.6 Å². The summed E-state index contributed by atoms with van der Waals surface area (Å²) in [5.41, 5.74) is 0.00623. The van der Waals surface area contributed by atoms with Gasteiger partial charge in [0, 0.05) is 11.8 Å². The van der Waals surface area contributed by atoms with Crippen molar-refractivity contribution in [1.29, 1.82) is 0 Å². The maximum Gasteiger partial charge on any atom is 0.413 e. The highest BCUT2D eigenvalue weighted by atomic mass is 32.2. The number of aromatic nitrogens is 1. The third kappa shape index (κ3) is 6.21. The largest absolute Gasteiger partial charge is 0.444 e. The average Bonchev–Trinajstić information content (AvgIpc) is 3.02. The number of pyridine rings is 1. The molecule has 0 radical (unpaired) electrons. The van der Waals surface area contributed by atoms with E-state index in [4.69, 9.17) is 14.0 Å². The maximum atomic E-state index is 14.6. The van der Waals surface area contributed by atoms with Crippen molar-refractivity contribution in [2.45, 2.75) is 71.1 Å². The zero-order valence-electron chi connectivity index (χ0n) is 20.5. The van der Waals surface area contributed by atoms with Gasteiger partial charge in [-0.25, -0.2) is 22.5 Å². The van der Waals surface area contributed by atoms with Crippen LogP contribution in [0.3, 0.4) is 0 Å². The Bertz CT molecular complexity index is 1090. The van der Waals surface area contributed by atoms with Crippen molar-refractivity contribution in [3.63, 3.8) is 0 Å². The summed E-state index contributed by atoms with van der Waals surface area (Å²) >= 11 is -2.30. The number of nitrogens with zero attached hydrogens (tertiary/aromatic N) is 2. The molecule has 192 valence electrons. The molecule has 0 aliphatic carbocycles. The molecule has 1 aliphatic rings. The molecule has 2 aromatic rings. The Morgan fingerprint density at radius 1 is 1.31 bits per heavy atom. The number of benzene rings is 1. The lowest BCUT2D eigenvalue weighted by molar-refractivity contribution is -0.0797. The quantitative estimate of drug-likeness (QED) is 0.526. The van der Waals surface area contributed by atoms with Crippen molar-refractivity contribution in [1.82, 2.24) is 14.6 Å². The van der Waals surface area contributed by atoms with Gasteiger partial charge in [0.1, 0.15) is 29.9 Å². The van der Waals surface area contributed by atoms with Gasteiger partial charge in [-0.05, 0) is 58.7 Å². The fourth-order valence-corrected chi connectivity index (χ4v) is 4.50. The van der Waals surface area contributed by atoms with E-state index in [2.05, 4.69) is 9.71 Å². The fourth-order valence-electron chi connectivity index (χ4n) is 4.08. The number of carbonyl (C=O) groups excluding carboxylic acids is 1. The van der Waals surface area contributed by atoms with Gasteiger partial charge in [-0.2, -0.15) is 0 Å². The van der Waals surface area contributed by atoms with E-state index in [1.165, 1.54) is 24.1 Å². The van der Waals surface area contributed by atoms with E-state index in [0.717, 1.165) is 0 Å². The molecule has 1 fully saturated rings. The second kappa shape index (κ2) is 10.3. The van der Waals surface area contributed by atoms with Gasteiger partial charge in [0.05, 0.1) is 17.8 Å². The summed E-state index contributed by atoms with van der Waals surface area (Å²) in [6.45, 7) is 9.30. The van der Waals surface area contributed by atoms with E-state index < -0.39 is 59.4 Å². The van der Waals surface area contributed by atoms with Crippen molar-refractivity contribution in [2.75, 3.05) is 6.67 Å². The first-order valence-electron chi connectivity index (χ1n) is 11.1. The van der Waals surface area contributed by atoms with Gasteiger partial charge in [0.2, 0.25) is 11.3 Å². The second-order valence-electron chi connectivity index (χ2n) is 9.86. The van der Waals surface area contributed by atoms with E-state index >= 15 is 0 Å². The van der Waals surface area contributed by atoms with E-state index in [1.54, 1.807) is 58.9 Å². The van der Waals surface area contributed by atoms with Gasteiger partial charge < -0.3 is 9.47 Å². The van der Waals surface area contributed by atoms with Gasteiger partial charge >= 0.3 is 6.09 Å². The van der Waals surface area contributed by atoms with E-state index in [-0.39, 0.29) is 5.69 Å². The average molecular weight is 512 g/mol. The number of ether oxygens (including phenoxy) is 2. The van der Waals surface area contributed by atoms with E-state index in [9.17, 15) is 17.8 Å². The molecule has 2 N–H and O–H groups in total. The fraction of sp³-hybridized carbons (Fsp3) is 0.500. The van der Waals surface area contributed by atoms with Crippen molar-refractivity contribution in [3.05, 3.63) is 53.6 Å². The van der Waals surface area contributed by atoms with Crippen molar-refractivity contribution in [2.24, 2.45) is 0 Å². The Morgan fingerprint density at radius 2 is 1.94 bits per heavy atom. The van der Waals surface area contributed by atoms with Crippen LogP contribution in [0.2, 0.25) is 0 Å². The summed E-state index contributed by atoms with van der Waals surface area (Å²) < 4.78 is 62.4. The first-order valence-corrected chi connectivity index (χ1v) is 12.2. The van der Waals surface area contributed by atoms with Crippen LogP contribution >= 0.6 is 0 Å². The van der Waals surface area contributed by atoms with Crippen molar-refractivity contribution in [3.8, 4) is 11.1 Å². The van der Waals surface area contributed by atoms with Crippen LogP contribution in [0.5, 0.6) is 0 Å². The molecule has 3 rings (SSSR count). The highest BCUT2D eigenvalue weighted by Crippen LogP contribution is 2.42. The molecule has 1 aromatic carbocycles. The number of hydrogen-bond donors (Lipinski definition) is 2. The molecule has 1 saturated heterocycles. The first kappa shape index (κ1) is 27.1. The number of carbonyl (C=O) groups is 1. The number of amides is 1. The Labute approximate surface area is 206 Å². The van der Waals surface area contributed by atoms with Gasteiger partial charge in [-0.3, -0.25) is 14.4 Å². The topological polar surface area (TPSA) is 101 Å². The Kier molecular flexibility index (Phi) is 7.95. The Balaban J connectivity index is 1.83. The van der Waals surface area contributed by atoms with Gasteiger partial charge in [0.15, 0.2) is 0 Å². The molecule has 11 heteroatoms.